The van der Waals surface area contributed by atoms with Crippen molar-refractivity contribution in [2.75, 3.05) is 10.6 Å². The quantitative estimate of drug-likeness (QED) is 0.670. The first-order valence-electron chi connectivity index (χ1n) is 5.00. The van der Waals surface area contributed by atoms with Gasteiger partial charge in [-0.3, -0.25) is 4.79 Å². The fourth-order valence-corrected chi connectivity index (χ4v) is 1.70. The lowest BCUT2D eigenvalue weighted by atomic mass is 10.1. The van der Waals surface area contributed by atoms with Crippen LogP contribution in [0, 0.1) is 0 Å². The summed E-state index contributed by atoms with van der Waals surface area (Å²) in [5.74, 6) is -1.12. The Hall–Kier alpha value is -2.04. The number of carboxylic acid groups (broad SMARTS) is 1. The summed E-state index contributed by atoms with van der Waals surface area (Å²) < 4.78 is 0. The van der Waals surface area contributed by atoms with E-state index in [9.17, 15) is 9.59 Å². The lowest BCUT2D eigenvalue weighted by molar-refractivity contribution is -0.116. The lowest BCUT2D eigenvalue weighted by Gasteiger charge is -2.11. The monoisotopic (exact) mass is 220 g/mol. The number of amides is 1. The predicted molar refractivity (Wildman–Crippen MR) is 59.7 cm³/mol. The highest BCUT2D eigenvalue weighted by Gasteiger charge is 2.18. The summed E-state index contributed by atoms with van der Waals surface area (Å²) in [6, 6.07) is 4.68. The van der Waals surface area contributed by atoms with E-state index in [1.54, 1.807) is 6.07 Å². The Bertz CT molecular complexity index is 457. The van der Waals surface area contributed by atoms with Gasteiger partial charge >= 0.3 is 5.97 Å². The molecule has 84 valence electrons. The van der Waals surface area contributed by atoms with E-state index in [0.717, 1.165) is 5.69 Å². The van der Waals surface area contributed by atoms with Gasteiger partial charge in [0.1, 0.15) is 0 Å². The van der Waals surface area contributed by atoms with E-state index in [-0.39, 0.29) is 17.5 Å². The Balaban J connectivity index is 2.42. The van der Waals surface area contributed by atoms with Crippen LogP contribution in [0.2, 0.25) is 0 Å². The molecule has 5 nitrogen and oxygen atoms in total. The van der Waals surface area contributed by atoms with Crippen LogP contribution in [0.15, 0.2) is 18.2 Å². The number of carboxylic acids is 1. The summed E-state index contributed by atoms with van der Waals surface area (Å²) in [5.41, 5.74) is 1.44. The molecule has 0 fully saturated rings. The van der Waals surface area contributed by atoms with Crippen LogP contribution in [0.3, 0.4) is 0 Å². The molecule has 0 aromatic heterocycles. The van der Waals surface area contributed by atoms with Gasteiger partial charge in [0.05, 0.1) is 16.9 Å². The Morgan fingerprint density at radius 1 is 1.44 bits per heavy atom. The summed E-state index contributed by atoms with van der Waals surface area (Å²) in [6.07, 6.45) is 0.372. The zero-order valence-corrected chi connectivity index (χ0v) is 8.78. The van der Waals surface area contributed by atoms with Crippen LogP contribution >= 0.6 is 0 Å². The van der Waals surface area contributed by atoms with E-state index in [1.165, 1.54) is 12.1 Å². The highest BCUT2D eigenvalue weighted by Crippen LogP contribution is 2.27. The van der Waals surface area contributed by atoms with Crippen LogP contribution in [0.5, 0.6) is 0 Å². The van der Waals surface area contributed by atoms with Gasteiger partial charge in [-0.05, 0) is 25.1 Å². The summed E-state index contributed by atoms with van der Waals surface area (Å²) >= 11 is 0. The topological polar surface area (TPSA) is 78.4 Å². The van der Waals surface area contributed by atoms with Crippen LogP contribution < -0.4 is 10.6 Å². The van der Waals surface area contributed by atoms with Crippen LogP contribution in [-0.4, -0.2) is 23.0 Å². The van der Waals surface area contributed by atoms with Gasteiger partial charge in [0, 0.05) is 12.5 Å². The zero-order chi connectivity index (χ0) is 11.7. The molecule has 0 spiro atoms. The van der Waals surface area contributed by atoms with Gasteiger partial charge in [0.2, 0.25) is 5.91 Å². The second-order valence-corrected chi connectivity index (χ2v) is 3.86. The molecule has 3 N–H and O–H groups in total. The second-order valence-electron chi connectivity index (χ2n) is 3.86. The number of hydrogen-bond donors (Lipinski definition) is 3. The van der Waals surface area contributed by atoms with Crippen molar-refractivity contribution in [1.82, 2.24) is 0 Å². The van der Waals surface area contributed by atoms with Gasteiger partial charge in [-0.25, -0.2) is 4.79 Å². The van der Waals surface area contributed by atoms with E-state index in [0.29, 0.717) is 12.1 Å². The summed E-state index contributed by atoms with van der Waals surface area (Å²) in [7, 11) is 0. The zero-order valence-electron chi connectivity index (χ0n) is 8.78. The largest absolute Gasteiger partial charge is 0.478 e. The molecule has 1 aliphatic heterocycles. The van der Waals surface area contributed by atoms with E-state index in [1.807, 2.05) is 6.92 Å². The average molecular weight is 220 g/mol. The molecule has 0 bridgehead atoms. The fraction of sp³-hybridized carbons (Fsp3) is 0.273. The molecule has 0 saturated carbocycles. The van der Waals surface area contributed by atoms with Gasteiger partial charge in [-0.1, -0.05) is 0 Å². The molecule has 1 amide bonds. The van der Waals surface area contributed by atoms with Crippen molar-refractivity contribution in [2.45, 2.75) is 19.4 Å². The Labute approximate surface area is 92.5 Å². The van der Waals surface area contributed by atoms with Crippen molar-refractivity contribution >= 4 is 23.3 Å². The van der Waals surface area contributed by atoms with Gasteiger partial charge in [0.25, 0.3) is 0 Å². The minimum Gasteiger partial charge on any atom is -0.478 e. The predicted octanol–water partition coefficient (Wildman–Crippen LogP) is 1.53. The van der Waals surface area contributed by atoms with Crippen LogP contribution in [0.1, 0.15) is 23.7 Å². The highest BCUT2D eigenvalue weighted by atomic mass is 16.4. The molecule has 16 heavy (non-hydrogen) atoms. The van der Waals surface area contributed by atoms with Gasteiger partial charge in [0.15, 0.2) is 0 Å². The van der Waals surface area contributed by atoms with Gasteiger partial charge < -0.3 is 15.7 Å². The highest BCUT2D eigenvalue weighted by molar-refractivity contribution is 5.99. The van der Waals surface area contributed by atoms with Crippen molar-refractivity contribution in [3.05, 3.63) is 23.8 Å². The third-order valence-electron chi connectivity index (χ3n) is 2.43. The molecular formula is C11H12N2O3. The minimum atomic E-state index is -1.01. The number of rotatable bonds is 1. The molecule has 1 aromatic carbocycles. The Kier molecular flexibility index (Phi) is 2.52. The molecule has 0 unspecified atom stereocenters. The van der Waals surface area contributed by atoms with Crippen LogP contribution in [-0.2, 0) is 4.79 Å². The molecule has 1 aromatic rings. The normalized spacial score (nSPS) is 19.1. The third kappa shape index (κ3) is 1.98. The first kappa shape index (κ1) is 10.5. The number of carbonyl (C=O) groups is 2. The summed E-state index contributed by atoms with van der Waals surface area (Å²) in [4.78, 5) is 22.2. The van der Waals surface area contributed by atoms with Crippen molar-refractivity contribution in [2.24, 2.45) is 0 Å². The molecule has 2 rings (SSSR count). The number of nitrogens with one attached hydrogen (secondary N) is 2. The number of hydrogen-bond acceptors (Lipinski definition) is 3. The van der Waals surface area contributed by atoms with Crippen molar-refractivity contribution in [3.8, 4) is 0 Å². The fourth-order valence-electron chi connectivity index (χ4n) is 1.70. The molecule has 1 aliphatic rings. The third-order valence-corrected chi connectivity index (χ3v) is 2.43. The van der Waals surface area contributed by atoms with E-state index in [2.05, 4.69) is 10.6 Å². The van der Waals surface area contributed by atoms with Crippen molar-refractivity contribution < 1.29 is 14.7 Å². The number of carbonyl (C=O) groups excluding carboxylic acids is 1. The van der Waals surface area contributed by atoms with E-state index < -0.39 is 5.97 Å². The number of benzene rings is 1. The van der Waals surface area contributed by atoms with Crippen LogP contribution in [0.4, 0.5) is 11.4 Å². The molecule has 0 aliphatic carbocycles. The average Bonchev–Trinajstić information content (AvgIpc) is 2.32. The maximum absolute atomic E-state index is 11.4. The smallest absolute Gasteiger partial charge is 0.335 e. The maximum Gasteiger partial charge on any atom is 0.335 e. The first-order valence-corrected chi connectivity index (χ1v) is 5.00. The lowest BCUT2D eigenvalue weighted by Crippen LogP contribution is -2.18. The van der Waals surface area contributed by atoms with Crippen molar-refractivity contribution in [1.29, 1.82) is 0 Å². The first-order chi connectivity index (χ1) is 7.56. The van der Waals surface area contributed by atoms with Crippen LogP contribution in [0.25, 0.3) is 0 Å². The Morgan fingerprint density at radius 3 is 2.88 bits per heavy atom. The molecular weight excluding hydrogens is 208 g/mol. The SMILES string of the molecule is C[C@H]1CC(=O)Nc2cc(C(=O)O)ccc2N1. The standard InChI is InChI=1S/C11H12N2O3/c1-6-4-10(14)13-9-5-7(11(15)16)2-3-8(9)12-6/h2-3,5-6,12H,4H2,1H3,(H,13,14)(H,15,16)/t6-/m0/s1. The molecule has 1 atom stereocenters. The Morgan fingerprint density at radius 2 is 2.19 bits per heavy atom. The molecule has 0 saturated heterocycles. The number of anilines is 2. The molecule has 0 radical (unpaired) electrons. The molecule has 1 heterocycles. The minimum absolute atomic E-state index is 0.0388. The second kappa shape index (κ2) is 3.84. The summed E-state index contributed by atoms with van der Waals surface area (Å²) in [5, 5.41) is 14.7. The van der Waals surface area contributed by atoms with Crippen molar-refractivity contribution in [3.63, 3.8) is 0 Å². The van der Waals surface area contributed by atoms with E-state index >= 15 is 0 Å². The number of fused-ring (bicyclic) bond motifs is 1. The van der Waals surface area contributed by atoms with E-state index in [4.69, 9.17) is 5.11 Å². The van der Waals surface area contributed by atoms with Gasteiger partial charge in [-0.2, -0.15) is 0 Å². The summed E-state index contributed by atoms with van der Waals surface area (Å²) in [6.45, 7) is 1.90. The number of aromatic carboxylic acids is 1. The van der Waals surface area contributed by atoms with Gasteiger partial charge in [-0.15, -0.1) is 0 Å². The maximum atomic E-state index is 11.4. The molecule has 5 heteroatoms.